The van der Waals surface area contributed by atoms with Crippen LogP contribution >= 0.6 is 0 Å². The van der Waals surface area contributed by atoms with Crippen molar-refractivity contribution in [3.05, 3.63) is 0 Å². The fourth-order valence-corrected chi connectivity index (χ4v) is 2.32. The second kappa shape index (κ2) is 4.55. The predicted octanol–water partition coefficient (Wildman–Crippen LogP) is 3.75. The highest BCUT2D eigenvalue weighted by Crippen LogP contribution is 2.45. The van der Waals surface area contributed by atoms with E-state index in [1.54, 1.807) is 0 Å². The molecule has 2 atom stereocenters. The van der Waals surface area contributed by atoms with Crippen LogP contribution < -0.4 is 5.32 Å². The van der Waals surface area contributed by atoms with Gasteiger partial charge in [-0.1, -0.05) is 20.8 Å². The molecule has 1 N–H and O–H groups in total. The molecule has 0 aromatic carbocycles. The Balaban J connectivity index is 2.55. The Kier molecular flexibility index (Phi) is 4.01. The summed E-state index contributed by atoms with van der Waals surface area (Å²) in [5.41, 5.74) is 0.432. The Morgan fingerprint density at radius 2 is 1.71 bits per heavy atom. The Morgan fingerprint density at radius 3 is 2.06 bits per heavy atom. The SMILES string of the molecule is CCC(C)(C)O[C@@H]1C[C@H](NC(C)(C)C)C1(C)C. The van der Waals surface area contributed by atoms with Gasteiger partial charge in [-0.05, 0) is 47.5 Å². The monoisotopic (exact) mass is 241 g/mol. The Morgan fingerprint density at radius 1 is 1.18 bits per heavy atom. The van der Waals surface area contributed by atoms with E-state index in [1.165, 1.54) is 0 Å². The molecular weight excluding hydrogens is 210 g/mol. The number of ether oxygens (including phenoxy) is 1. The summed E-state index contributed by atoms with van der Waals surface area (Å²) in [6.07, 6.45) is 2.59. The van der Waals surface area contributed by atoms with Gasteiger partial charge in [0.1, 0.15) is 0 Å². The van der Waals surface area contributed by atoms with Crippen LogP contribution in [0.1, 0.15) is 68.2 Å². The van der Waals surface area contributed by atoms with Gasteiger partial charge in [0.05, 0.1) is 11.7 Å². The van der Waals surface area contributed by atoms with Crippen molar-refractivity contribution in [2.24, 2.45) is 5.41 Å². The first-order valence-electron chi connectivity index (χ1n) is 6.93. The van der Waals surface area contributed by atoms with Gasteiger partial charge in [-0.3, -0.25) is 0 Å². The van der Waals surface area contributed by atoms with Gasteiger partial charge in [0.15, 0.2) is 0 Å². The molecule has 0 aromatic heterocycles. The average Bonchev–Trinajstić information content (AvgIpc) is 2.14. The van der Waals surface area contributed by atoms with E-state index >= 15 is 0 Å². The van der Waals surface area contributed by atoms with E-state index in [4.69, 9.17) is 4.74 Å². The van der Waals surface area contributed by atoms with Crippen molar-refractivity contribution < 1.29 is 4.74 Å². The van der Waals surface area contributed by atoms with E-state index in [-0.39, 0.29) is 16.6 Å². The third-order valence-corrected chi connectivity index (χ3v) is 4.10. The molecule has 1 aliphatic carbocycles. The fraction of sp³-hybridized carbons (Fsp3) is 1.00. The highest BCUT2D eigenvalue weighted by molar-refractivity contribution is 5.05. The molecule has 1 rings (SSSR count). The topological polar surface area (TPSA) is 21.3 Å². The first kappa shape index (κ1) is 15.0. The van der Waals surface area contributed by atoms with Crippen molar-refractivity contribution in [1.82, 2.24) is 5.32 Å². The summed E-state index contributed by atoms with van der Waals surface area (Å²) >= 11 is 0. The molecule has 0 saturated heterocycles. The molecule has 1 aliphatic rings. The smallest absolute Gasteiger partial charge is 0.0663 e. The van der Waals surface area contributed by atoms with Crippen LogP contribution in [0.3, 0.4) is 0 Å². The van der Waals surface area contributed by atoms with E-state index in [1.807, 2.05) is 0 Å². The lowest BCUT2D eigenvalue weighted by Crippen LogP contribution is -2.65. The van der Waals surface area contributed by atoms with Crippen molar-refractivity contribution >= 4 is 0 Å². The van der Waals surface area contributed by atoms with Crippen LogP contribution in [0.5, 0.6) is 0 Å². The zero-order chi connectivity index (χ0) is 13.5. The van der Waals surface area contributed by atoms with Gasteiger partial charge in [-0.15, -0.1) is 0 Å². The summed E-state index contributed by atoms with van der Waals surface area (Å²) in [6, 6.07) is 0.570. The first-order chi connectivity index (χ1) is 7.48. The molecule has 0 aliphatic heterocycles. The largest absolute Gasteiger partial charge is 0.372 e. The molecule has 1 fully saturated rings. The third-order valence-electron chi connectivity index (χ3n) is 4.10. The van der Waals surface area contributed by atoms with Gasteiger partial charge in [0.2, 0.25) is 0 Å². The van der Waals surface area contributed by atoms with Gasteiger partial charge < -0.3 is 10.1 Å². The van der Waals surface area contributed by atoms with Gasteiger partial charge >= 0.3 is 0 Å². The summed E-state index contributed by atoms with van der Waals surface area (Å²) in [5, 5.41) is 3.70. The maximum Gasteiger partial charge on any atom is 0.0663 e. The summed E-state index contributed by atoms with van der Waals surface area (Å²) in [7, 11) is 0. The minimum absolute atomic E-state index is 0.00857. The van der Waals surface area contributed by atoms with E-state index in [2.05, 4.69) is 60.7 Å². The summed E-state index contributed by atoms with van der Waals surface area (Å²) < 4.78 is 6.24. The second-order valence-electron chi connectivity index (χ2n) is 7.72. The molecule has 0 radical (unpaired) electrons. The fourth-order valence-electron chi connectivity index (χ4n) is 2.32. The summed E-state index contributed by atoms with van der Waals surface area (Å²) in [6.45, 7) is 17.9. The molecule has 2 heteroatoms. The molecule has 0 heterocycles. The number of hydrogen-bond donors (Lipinski definition) is 1. The maximum atomic E-state index is 6.24. The molecule has 102 valence electrons. The van der Waals surface area contributed by atoms with E-state index in [0.29, 0.717) is 12.1 Å². The van der Waals surface area contributed by atoms with Crippen LogP contribution in [0.4, 0.5) is 0 Å². The zero-order valence-electron chi connectivity index (χ0n) is 13.0. The van der Waals surface area contributed by atoms with E-state index in [9.17, 15) is 0 Å². The van der Waals surface area contributed by atoms with Gasteiger partial charge in [-0.25, -0.2) is 0 Å². The lowest BCUT2D eigenvalue weighted by Gasteiger charge is -2.55. The van der Waals surface area contributed by atoms with Crippen molar-refractivity contribution in [2.45, 2.75) is 91.5 Å². The van der Waals surface area contributed by atoms with Crippen LogP contribution in [0, 0.1) is 5.41 Å². The highest BCUT2D eigenvalue weighted by atomic mass is 16.5. The number of hydrogen-bond acceptors (Lipinski definition) is 2. The van der Waals surface area contributed by atoms with Crippen LogP contribution in [-0.2, 0) is 4.74 Å². The van der Waals surface area contributed by atoms with Crippen molar-refractivity contribution in [3.8, 4) is 0 Å². The van der Waals surface area contributed by atoms with Gasteiger partial charge in [-0.2, -0.15) is 0 Å². The predicted molar refractivity (Wildman–Crippen MR) is 74.3 cm³/mol. The van der Waals surface area contributed by atoms with Crippen molar-refractivity contribution in [1.29, 1.82) is 0 Å². The minimum Gasteiger partial charge on any atom is -0.372 e. The number of rotatable bonds is 4. The molecule has 0 aromatic rings. The summed E-state index contributed by atoms with van der Waals surface area (Å²) in [5.74, 6) is 0. The molecule has 0 amide bonds. The normalized spacial score (nSPS) is 28.9. The lowest BCUT2D eigenvalue weighted by molar-refractivity contribution is -0.182. The Bertz CT molecular complexity index is 263. The maximum absolute atomic E-state index is 6.24. The standard InChI is InChI=1S/C15H31NO/c1-9-14(5,6)17-12-10-11(15(12,7)8)16-13(2,3)4/h11-12,16H,9-10H2,1-8H3/t11-,12+/m0/s1. The van der Waals surface area contributed by atoms with Gasteiger partial charge in [0, 0.05) is 17.0 Å². The number of nitrogens with one attached hydrogen (secondary N) is 1. The van der Waals surface area contributed by atoms with Crippen molar-refractivity contribution in [3.63, 3.8) is 0 Å². The Labute approximate surface area is 108 Å². The van der Waals surface area contributed by atoms with Crippen LogP contribution in [0.15, 0.2) is 0 Å². The zero-order valence-corrected chi connectivity index (χ0v) is 13.0. The first-order valence-corrected chi connectivity index (χ1v) is 6.93. The molecule has 17 heavy (non-hydrogen) atoms. The van der Waals surface area contributed by atoms with Gasteiger partial charge in [0.25, 0.3) is 0 Å². The third kappa shape index (κ3) is 3.69. The van der Waals surface area contributed by atoms with E-state index < -0.39 is 0 Å². The second-order valence-corrected chi connectivity index (χ2v) is 7.72. The molecule has 2 nitrogen and oxygen atoms in total. The molecule has 0 unspecified atom stereocenters. The minimum atomic E-state index is 0.00857. The molecule has 1 saturated carbocycles. The molecule has 0 bridgehead atoms. The van der Waals surface area contributed by atoms with Crippen LogP contribution in [0.2, 0.25) is 0 Å². The quantitative estimate of drug-likeness (QED) is 0.809. The van der Waals surface area contributed by atoms with Crippen molar-refractivity contribution in [2.75, 3.05) is 0 Å². The Hall–Kier alpha value is -0.0800. The molecule has 0 spiro atoms. The summed E-state index contributed by atoms with van der Waals surface area (Å²) in [4.78, 5) is 0. The van der Waals surface area contributed by atoms with Crippen LogP contribution in [-0.4, -0.2) is 23.3 Å². The highest BCUT2D eigenvalue weighted by Gasteiger charge is 2.51. The average molecular weight is 241 g/mol. The molecular formula is C15H31NO. The lowest BCUT2D eigenvalue weighted by atomic mass is 9.63. The van der Waals surface area contributed by atoms with E-state index in [0.717, 1.165) is 12.8 Å². The van der Waals surface area contributed by atoms with Crippen LogP contribution in [0.25, 0.3) is 0 Å².